The van der Waals surface area contributed by atoms with Gasteiger partial charge in [-0.1, -0.05) is 28.1 Å². The molecule has 5 nitrogen and oxygen atoms in total. The minimum Gasteiger partial charge on any atom is -0.386 e. The maximum atomic E-state index is 12.0. The third-order valence-corrected chi connectivity index (χ3v) is 3.54. The van der Waals surface area contributed by atoms with Gasteiger partial charge < -0.3 is 10.4 Å². The van der Waals surface area contributed by atoms with Gasteiger partial charge in [0.15, 0.2) is 0 Å². The van der Waals surface area contributed by atoms with Gasteiger partial charge in [-0.15, -0.1) is 0 Å². The third-order valence-electron chi connectivity index (χ3n) is 3.01. The average Bonchev–Trinajstić information content (AvgIpc) is 2.85. The van der Waals surface area contributed by atoms with Gasteiger partial charge in [-0.25, -0.2) is 0 Å². The van der Waals surface area contributed by atoms with Crippen LogP contribution in [-0.2, 0) is 7.05 Å². The summed E-state index contributed by atoms with van der Waals surface area (Å²) in [6.07, 6.45) is 2.37. The molecular formula is C14H16BrN3O2. The second-order valence-corrected chi connectivity index (χ2v) is 5.58. The lowest BCUT2D eigenvalue weighted by molar-refractivity contribution is 0.0852. The van der Waals surface area contributed by atoms with Crippen LogP contribution < -0.4 is 5.32 Å². The molecule has 2 unspecified atom stereocenters. The number of halogens is 1. The Kier molecular flexibility index (Phi) is 4.57. The Morgan fingerprint density at radius 3 is 2.60 bits per heavy atom. The van der Waals surface area contributed by atoms with E-state index in [0.29, 0.717) is 5.56 Å². The van der Waals surface area contributed by atoms with E-state index < -0.39 is 12.1 Å². The molecule has 0 aliphatic carbocycles. The van der Waals surface area contributed by atoms with Crippen molar-refractivity contribution >= 4 is 21.8 Å². The lowest BCUT2D eigenvalue weighted by Crippen LogP contribution is -2.36. The van der Waals surface area contributed by atoms with E-state index in [0.717, 1.165) is 10.0 Å². The zero-order chi connectivity index (χ0) is 14.7. The first-order chi connectivity index (χ1) is 9.47. The number of aryl methyl sites for hydroxylation is 1. The van der Waals surface area contributed by atoms with E-state index in [1.54, 1.807) is 24.9 Å². The Morgan fingerprint density at radius 1 is 1.40 bits per heavy atom. The summed E-state index contributed by atoms with van der Waals surface area (Å²) >= 11 is 3.34. The summed E-state index contributed by atoms with van der Waals surface area (Å²) in [5.41, 5.74) is 1.23. The van der Waals surface area contributed by atoms with Crippen LogP contribution in [0.3, 0.4) is 0 Å². The van der Waals surface area contributed by atoms with E-state index >= 15 is 0 Å². The molecule has 0 radical (unpaired) electrons. The fourth-order valence-corrected chi connectivity index (χ4v) is 2.12. The number of aliphatic hydroxyl groups is 1. The molecule has 2 N–H and O–H groups in total. The number of amides is 1. The predicted molar refractivity (Wildman–Crippen MR) is 79.2 cm³/mol. The highest BCUT2D eigenvalue weighted by atomic mass is 79.9. The van der Waals surface area contributed by atoms with Crippen LogP contribution in [0.4, 0.5) is 0 Å². The number of nitrogens with zero attached hydrogens (tertiary/aromatic N) is 2. The van der Waals surface area contributed by atoms with E-state index in [9.17, 15) is 9.90 Å². The lowest BCUT2D eigenvalue weighted by atomic mass is 10.0. The molecule has 1 aromatic heterocycles. The van der Waals surface area contributed by atoms with Crippen molar-refractivity contribution in [2.24, 2.45) is 7.05 Å². The molecule has 1 heterocycles. The molecule has 0 fully saturated rings. The molecule has 2 atom stereocenters. The highest BCUT2D eigenvalue weighted by Gasteiger charge is 2.19. The van der Waals surface area contributed by atoms with E-state index in [2.05, 4.69) is 26.3 Å². The molecule has 0 bridgehead atoms. The molecule has 106 valence electrons. The largest absolute Gasteiger partial charge is 0.386 e. The number of rotatable bonds is 4. The Balaban J connectivity index is 2.02. The minimum atomic E-state index is -0.760. The first-order valence-corrected chi connectivity index (χ1v) is 6.99. The van der Waals surface area contributed by atoms with Crippen molar-refractivity contribution in [1.82, 2.24) is 15.1 Å². The van der Waals surface area contributed by atoms with Gasteiger partial charge in [0.1, 0.15) is 0 Å². The SMILES string of the molecule is CC(NC(=O)c1cnn(C)c1)C(O)c1ccc(Br)cc1. The number of hydrogen-bond donors (Lipinski definition) is 2. The first-order valence-electron chi connectivity index (χ1n) is 6.20. The van der Waals surface area contributed by atoms with Crippen LogP contribution >= 0.6 is 15.9 Å². The monoisotopic (exact) mass is 337 g/mol. The van der Waals surface area contributed by atoms with Gasteiger partial charge in [-0.2, -0.15) is 5.10 Å². The Bertz CT molecular complexity index is 595. The molecule has 1 aromatic carbocycles. The standard InChI is InChI=1S/C14H16BrN3O2/c1-9(13(19)10-3-5-12(15)6-4-10)17-14(20)11-7-16-18(2)8-11/h3-9,13,19H,1-2H3,(H,17,20). The van der Waals surface area contributed by atoms with Crippen molar-refractivity contribution in [3.63, 3.8) is 0 Å². The molecule has 0 aliphatic heterocycles. The number of nitrogens with one attached hydrogen (secondary N) is 1. The molecule has 20 heavy (non-hydrogen) atoms. The maximum Gasteiger partial charge on any atom is 0.254 e. The summed E-state index contributed by atoms with van der Waals surface area (Å²) in [5, 5.41) is 16.9. The molecule has 2 rings (SSSR count). The summed E-state index contributed by atoms with van der Waals surface area (Å²) in [7, 11) is 1.75. The number of carbonyl (C=O) groups excluding carboxylic acids is 1. The van der Waals surface area contributed by atoms with Gasteiger partial charge in [0.05, 0.1) is 23.9 Å². The summed E-state index contributed by atoms with van der Waals surface area (Å²) in [6.45, 7) is 1.76. The molecule has 6 heteroatoms. The van der Waals surface area contributed by atoms with Gasteiger partial charge in [-0.3, -0.25) is 9.48 Å². The van der Waals surface area contributed by atoms with Crippen LogP contribution in [0.2, 0.25) is 0 Å². The molecule has 0 spiro atoms. The summed E-state index contributed by atoms with van der Waals surface area (Å²) in [6, 6.07) is 6.95. The van der Waals surface area contributed by atoms with Gasteiger partial charge in [0, 0.05) is 17.7 Å². The molecule has 0 aliphatic rings. The summed E-state index contributed by atoms with van der Waals surface area (Å²) in [4.78, 5) is 12.0. The molecule has 1 amide bonds. The third kappa shape index (κ3) is 3.46. The van der Waals surface area contributed by atoms with Gasteiger partial charge in [-0.05, 0) is 24.6 Å². The van der Waals surface area contributed by atoms with Crippen molar-refractivity contribution in [2.75, 3.05) is 0 Å². The Labute approximate surface area is 125 Å². The van der Waals surface area contributed by atoms with E-state index in [-0.39, 0.29) is 5.91 Å². The van der Waals surface area contributed by atoms with E-state index in [4.69, 9.17) is 0 Å². The van der Waals surface area contributed by atoms with Crippen LogP contribution in [0.5, 0.6) is 0 Å². The Hall–Kier alpha value is -1.66. The lowest BCUT2D eigenvalue weighted by Gasteiger charge is -2.20. The number of aromatic nitrogens is 2. The molecule has 2 aromatic rings. The smallest absolute Gasteiger partial charge is 0.254 e. The molecule has 0 saturated heterocycles. The minimum absolute atomic E-state index is 0.248. The van der Waals surface area contributed by atoms with Crippen molar-refractivity contribution < 1.29 is 9.90 Å². The predicted octanol–water partition coefficient (Wildman–Crippen LogP) is 2.03. The molecule has 0 saturated carbocycles. The second-order valence-electron chi connectivity index (χ2n) is 4.66. The zero-order valence-corrected chi connectivity index (χ0v) is 12.8. The van der Waals surface area contributed by atoms with Crippen molar-refractivity contribution in [3.05, 3.63) is 52.3 Å². The fraction of sp³-hybridized carbons (Fsp3) is 0.286. The fourth-order valence-electron chi connectivity index (χ4n) is 1.86. The zero-order valence-electron chi connectivity index (χ0n) is 11.2. The van der Waals surface area contributed by atoms with Crippen LogP contribution in [0.25, 0.3) is 0 Å². The summed E-state index contributed by atoms with van der Waals surface area (Å²) in [5.74, 6) is -0.248. The van der Waals surface area contributed by atoms with E-state index in [1.807, 2.05) is 24.3 Å². The van der Waals surface area contributed by atoms with Crippen molar-refractivity contribution in [3.8, 4) is 0 Å². The van der Waals surface area contributed by atoms with Gasteiger partial charge >= 0.3 is 0 Å². The van der Waals surface area contributed by atoms with Gasteiger partial charge in [0.2, 0.25) is 0 Å². The van der Waals surface area contributed by atoms with Crippen LogP contribution in [0.1, 0.15) is 28.9 Å². The Morgan fingerprint density at radius 2 is 2.05 bits per heavy atom. The van der Waals surface area contributed by atoms with Crippen molar-refractivity contribution in [1.29, 1.82) is 0 Å². The topological polar surface area (TPSA) is 67.2 Å². The van der Waals surface area contributed by atoms with Gasteiger partial charge in [0.25, 0.3) is 5.91 Å². The number of benzene rings is 1. The first kappa shape index (κ1) is 14.7. The second kappa shape index (κ2) is 6.19. The number of hydrogen-bond acceptors (Lipinski definition) is 3. The highest BCUT2D eigenvalue weighted by molar-refractivity contribution is 9.10. The average molecular weight is 338 g/mol. The van der Waals surface area contributed by atoms with Crippen molar-refractivity contribution in [2.45, 2.75) is 19.1 Å². The van der Waals surface area contributed by atoms with E-state index in [1.165, 1.54) is 6.20 Å². The number of carbonyl (C=O) groups is 1. The van der Waals surface area contributed by atoms with Crippen LogP contribution in [0, 0.1) is 0 Å². The normalized spacial score (nSPS) is 13.8. The summed E-state index contributed by atoms with van der Waals surface area (Å²) < 4.78 is 2.51. The maximum absolute atomic E-state index is 12.0. The van der Waals surface area contributed by atoms with Crippen LogP contribution in [-0.4, -0.2) is 26.8 Å². The highest BCUT2D eigenvalue weighted by Crippen LogP contribution is 2.19. The quantitative estimate of drug-likeness (QED) is 0.897. The number of aliphatic hydroxyl groups excluding tert-OH is 1. The molecular weight excluding hydrogens is 322 g/mol. The van der Waals surface area contributed by atoms with Crippen LogP contribution in [0.15, 0.2) is 41.1 Å².